The average Bonchev–Trinajstić information content (AvgIpc) is 3.23. The highest BCUT2D eigenvalue weighted by Crippen LogP contribution is 2.23. The lowest BCUT2D eigenvalue weighted by molar-refractivity contribution is -0.136. The lowest BCUT2D eigenvalue weighted by Crippen LogP contribution is -2.13. The molecule has 0 saturated heterocycles. The first-order valence-electron chi connectivity index (χ1n) is 9.16. The van der Waals surface area contributed by atoms with Crippen LogP contribution in [0.2, 0.25) is 0 Å². The molecule has 3 aromatic rings. The Morgan fingerprint density at radius 3 is 2.48 bits per heavy atom. The van der Waals surface area contributed by atoms with Gasteiger partial charge in [0.15, 0.2) is 11.3 Å². The molecular weight excluding hydrogens is 434 g/mol. The molecule has 0 bridgehead atoms. The van der Waals surface area contributed by atoms with Gasteiger partial charge in [0.05, 0.1) is 0 Å². The number of hydrogen-bond donors (Lipinski definition) is 0. The number of benzene rings is 1. The summed E-state index contributed by atoms with van der Waals surface area (Å²) in [7, 11) is 0. The highest BCUT2D eigenvalue weighted by molar-refractivity contribution is 9.10. The van der Waals surface area contributed by atoms with Crippen LogP contribution in [0.25, 0.3) is 11.8 Å². The van der Waals surface area contributed by atoms with Gasteiger partial charge in [0, 0.05) is 28.7 Å². The van der Waals surface area contributed by atoms with Gasteiger partial charge in [-0.2, -0.15) is 0 Å². The zero-order valence-electron chi connectivity index (χ0n) is 16.8. The third kappa shape index (κ3) is 4.77. The summed E-state index contributed by atoms with van der Waals surface area (Å²) in [5.74, 6) is -0.332. The first-order valence-corrected chi connectivity index (χ1v) is 9.95. The molecule has 0 aliphatic carbocycles. The van der Waals surface area contributed by atoms with Crippen molar-refractivity contribution >= 4 is 33.8 Å². The third-order valence-corrected chi connectivity index (χ3v) is 5.23. The quantitative estimate of drug-likeness (QED) is 0.279. The fourth-order valence-corrected chi connectivity index (χ4v) is 3.46. The molecule has 0 aliphatic heterocycles. The van der Waals surface area contributed by atoms with E-state index in [9.17, 15) is 9.59 Å². The summed E-state index contributed by atoms with van der Waals surface area (Å²) in [6, 6.07) is 11.5. The van der Waals surface area contributed by atoms with Crippen molar-refractivity contribution in [3.8, 4) is 5.69 Å². The second-order valence-electron chi connectivity index (χ2n) is 6.89. The summed E-state index contributed by atoms with van der Waals surface area (Å²) in [6.07, 6.45) is 2.72. The van der Waals surface area contributed by atoms with E-state index in [1.54, 1.807) is 12.1 Å². The zero-order chi connectivity index (χ0) is 21.1. The number of carbonyl (C=O) groups is 2. The Kier molecular flexibility index (Phi) is 6.23. The number of aromatic nitrogens is 1. The van der Waals surface area contributed by atoms with E-state index in [0.29, 0.717) is 16.0 Å². The maximum Gasteiger partial charge on any atom is 0.331 e. The van der Waals surface area contributed by atoms with Crippen LogP contribution in [0.4, 0.5) is 0 Å². The number of ketones is 1. The summed E-state index contributed by atoms with van der Waals surface area (Å²) in [5.41, 5.74) is 5.73. The SMILES string of the molecule is Cc1ccc(-n2c(C)cc(C(=O)COC(=O)C=Cc3ccc(Br)o3)c2C)cc1C. The number of esters is 1. The van der Waals surface area contributed by atoms with Crippen molar-refractivity contribution in [2.45, 2.75) is 27.7 Å². The zero-order valence-corrected chi connectivity index (χ0v) is 18.4. The van der Waals surface area contributed by atoms with Gasteiger partial charge in [0.1, 0.15) is 5.76 Å². The molecule has 2 heterocycles. The molecule has 0 N–H and O–H groups in total. The molecule has 0 spiro atoms. The lowest BCUT2D eigenvalue weighted by Gasteiger charge is -2.12. The Morgan fingerprint density at radius 2 is 1.83 bits per heavy atom. The maximum atomic E-state index is 12.6. The minimum Gasteiger partial charge on any atom is -0.454 e. The van der Waals surface area contributed by atoms with Crippen LogP contribution >= 0.6 is 15.9 Å². The number of rotatable bonds is 6. The van der Waals surface area contributed by atoms with Crippen LogP contribution in [0.3, 0.4) is 0 Å². The summed E-state index contributed by atoms with van der Waals surface area (Å²) in [6.45, 7) is 7.66. The van der Waals surface area contributed by atoms with Crippen LogP contribution < -0.4 is 0 Å². The Morgan fingerprint density at radius 1 is 1.07 bits per heavy atom. The van der Waals surface area contributed by atoms with Crippen LogP contribution in [0.5, 0.6) is 0 Å². The molecule has 0 unspecified atom stereocenters. The number of Topliss-reactive ketones (excluding diaryl/α,β-unsaturated/α-hetero) is 1. The summed E-state index contributed by atoms with van der Waals surface area (Å²) < 4.78 is 13.0. The standard InChI is InChI=1S/C23H22BrNO4/c1-14-5-6-18(11-15(14)2)25-16(3)12-20(17(25)4)21(26)13-28-23(27)10-8-19-7-9-22(24)29-19/h5-12H,13H2,1-4H3. The highest BCUT2D eigenvalue weighted by Gasteiger charge is 2.18. The monoisotopic (exact) mass is 455 g/mol. The maximum absolute atomic E-state index is 12.6. The Labute approximate surface area is 178 Å². The number of halogens is 1. The molecule has 1 aromatic carbocycles. The van der Waals surface area contributed by atoms with Crippen molar-refractivity contribution in [2.24, 2.45) is 0 Å². The predicted octanol–water partition coefficient (Wildman–Crippen LogP) is 5.51. The van der Waals surface area contributed by atoms with E-state index < -0.39 is 5.97 Å². The molecule has 150 valence electrons. The number of aryl methyl sites for hydroxylation is 3. The number of nitrogens with zero attached hydrogens (tertiary/aromatic N) is 1. The van der Waals surface area contributed by atoms with Gasteiger partial charge in [-0.1, -0.05) is 6.07 Å². The summed E-state index contributed by atoms with van der Waals surface area (Å²) in [4.78, 5) is 24.5. The molecule has 3 rings (SSSR count). The average molecular weight is 456 g/mol. The second-order valence-corrected chi connectivity index (χ2v) is 7.68. The normalized spacial score (nSPS) is 11.2. The van der Waals surface area contributed by atoms with Crippen LogP contribution in [0.1, 0.15) is 38.6 Å². The van der Waals surface area contributed by atoms with Gasteiger partial charge in [-0.3, -0.25) is 4.79 Å². The molecule has 2 aromatic heterocycles. The van der Waals surface area contributed by atoms with Crippen LogP contribution in [0.15, 0.2) is 51.6 Å². The Balaban J connectivity index is 1.70. The van der Waals surface area contributed by atoms with E-state index in [2.05, 4.69) is 41.9 Å². The van der Waals surface area contributed by atoms with Crippen molar-refractivity contribution in [1.82, 2.24) is 4.57 Å². The van der Waals surface area contributed by atoms with Crippen LogP contribution in [-0.4, -0.2) is 22.9 Å². The van der Waals surface area contributed by atoms with E-state index in [4.69, 9.17) is 9.15 Å². The minimum absolute atomic E-state index is 0.240. The summed E-state index contributed by atoms with van der Waals surface area (Å²) >= 11 is 3.19. The first-order chi connectivity index (χ1) is 13.8. The largest absolute Gasteiger partial charge is 0.454 e. The van der Waals surface area contributed by atoms with E-state index in [0.717, 1.165) is 17.1 Å². The van der Waals surface area contributed by atoms with Gasteiger partial charge >= 0.3 is 5.97 Å². The van der Waals surface area contributed by atoms with E-state index in [1.165, 1.54) is 23.3 Å². The van der Waals surface area contributed by atoms with Gasteiger partial charge in [0.25, 0.3) is 0 Å². The summed E-state index contributed by atoms with van der Waals surface area (Å²) in [5, 5.41) is 0. The number of hydrogen-bond acceptors (Lipinski definition) is 4. The lowest BCUT2D eigenvalue weighted by atomic mass is 10.1. The van der Waals surface area contributed by atoms with E-state index in [-0.39, 0.29) is 12.4 Å². The molecular formula is C23H22BrNO4. The van der Waals surface area contributed by atoms with Gasteiger partial charge in [-0.25, -0.2) is 4.79 Å². The van der Waals surface area contributed by atoms with Crippen LogP contribution in [0, 0.1) is 27.7 Å². The Hall–Kier alpha value is -2.86. The molecule has 0 atom stereocenters. The van der Waals surface area contributed by atoms with E-state index >= 15 is 0 Å². The van der Waals surface area contributed by atoms with Crippen LogP contribution in [-0.2, 0) is 9.53 Å². The van der Waals surface area contributed by atoms with Crippen molar-refractivity contribution in [3.63, 3.8) is 0 Å². The van der Waals surface area contributed by atoms with Crippen molar-refractivity contribution in [1.29, 1.82) is 0 Å². The minimum atomic E-state index is -0.603. The molecule has 0 fully saturated rings. The molecule has 6 heteroatoms. The molecule has 0 saturated carbocycles. The van der Waals surface area contributed by atoms with E-state index in [1.807, 2.05) is 30.5 Å². The van der Waals surface area contributed by atoms with Crippen molar-refractivity contribution in [2.75, 3.05) is 6.61 Å². The molecule has 0 aliphatic rings. The van der Waals surface area contributed by atoms with Crippen molar-refractivity contribution in [3.05, 3.63) is 81.0 Å². The van der Waals surface area contributed by atoms with Gasteiger partial charge in [0.2, 0.25) is 5.78 Å². The van der Waals surface area contributed by atoms with Gasteiger partial charge in [-0.15, -0.1) is 0 Å². The molecule has 0 radical (unpaired) electrons. The Bertz CT molecular complexity index is 1100. The predicted molar refractivity (Wildman–Crippen MR) is 115 cm³/mol. The fourth-order valence-electron chi connectivity index (χ4n) is 3.14. The first kappa shape index (κ1) is 20.9. The topological polar surface area (TPSA) is 61.4 Å². The van der Waals surface area contributed by atoms with Crippen molar-refractivity contribution < 1.29 is 18.7 Å². The molecule has 29 heavy (non-hydrogen) atoms. The third-order valence-electron chi connectivity index (χ3n) is 4.80. The molecule has 0 amide bonds. The van der Waals surface area contributed by atoms with Gasteiger partial charge in [-0.05, 0) is 91.2 Å². The molecule has 5 nitrogen and oxygen atoms in total. The number of ether oxygens (including phenoxy) is 1. The fraction of sp³-hybridized carbons (Fsp3) is 0.217. The second kappa shape index (κ2) is 8.66. The van der Waals surface area contributed by atoms with Gasteiger partial charge < -0.3 is 13.7 Å². The highest BCUT2D eigenvalue weighted by atomic mass is 79.9. The number of carbonyl (C=O) groups excluding carboxylic acids is 2. The number of furan rings is 1. The smallest absolute Gasteiger partial charge is 0.331 e.